The molecule has 9 heteroatoms. The fourth-order valence-electron chi connectivity index (χ4n) is 1.67. The zero-order valence-corrected chi connectivity index (χ0v) is 11.8. The molecule has 0 bridgehead atoms. The molecule has 2 heterocycles. The minimum absolute atomic E-state index is 0.226. The molecule has 0 amide bonds. The van der Waals surface area contributed by atoms with Crippen LogP contribution in [0, 0.1) is 11.3 Å². The fourth-order valence-corrected chi connectivity index (χ4v) is 1.67. The average molecular weight is 310 g/mol. The smallest absolute Gasteiger partial charge is 0.280 e. The quantitative estimate of drug-likeness (QED) is 0.510. The van der Waals surface area contributed by atoms with E-state index in [0.717, 1.165) is 12.3 Å². The molecule has 0 spiro atoms. The molecule has 6 nitrogen and oxygen atoms in total. The standard InChI is InChI=1S/C13H11F3N6/c1-21(2)8-19-12-9(5-17)6-20-22(12)11-4-3-10(7-18-11)13(14,15)16/h3-4,6-8H,1-2H3/p+2. The third-order valence-corrected chi connectivity index (χ3v) is 2.70. The molecule has 0 saturated heterocycles. The summed E-state index contributed by atoms with van der Waals surface area (Å²) >= 11 is 0. The van der Waals surface area contributed by atoms with Gasteiger partial charge in [-0.25, -0.2) is 10.4 Å². The van der Waals surface area contributed by atoms with Crippen LogP contribution in [0.1, 0.15) is 11.1 Å². The molecule has 2 N–H and O–H groups in total. The van der Waals surface area contributed by atoms with E-state index in [0.29, 0.717) is 11.4 Å². The molecule has 0 aliphatic heterocycles. The monoisotopic (exact) mass is 310 g/mol. The number of aromatic nitrogens is 3. The summed E-state index contributed by atoms with van der Waals surface area (Å²) in [7, 11) is 3.57. The summed E-state index contributed by atoms with van der Waals surface area (Å²) in [6.07, 6.45) is -0.659. The maximum atomic E-state index is 12.5. The molecule has 0 aliphatic carbocycles. The van der Waals surface area contributed by atoms with Crippen LogP contribution in [0.4, 0.5) is 19.0 Å². The first-order chi connectivity index (χ1) is 10.3. The van der Waals surface area contributed by atoms with Gasteiger partial charge in [-0.1, -0.05) is 0 Å². The molecule has 0 atom stereocenters. The van der Waals surface area contributed by atoms with E-state index in [1.54, 1.807) is 25.0 Å². The highest BCUT2D eigenvalue weighted by atomic mass is 19.4. The van der Waals surface area contributed by atoms with E-state index in [4.69, 9.17) is 5.26 Å². The van der Waals surface area contributed by atoms with Gasteiger partial charge in [-0.05, 0) is 6.07 Å². The van der Waals surface area contributed by atoms with Crippen molar-refractivity contribution in [3.8, 4) is 11.9 Å². The Morgan fingerprint density at radius 3 is 2.64 bits per heavy atom. The number of nitrogens with zero attached hydrogens (tertiary/aromatic N) is 4. The number of alkyl halides is 3. The molecule has 114 valence electrons. The zero-order chi connectivity index (χ0) is 16.3. The molecule has 2 aromatic rings. The molecule has 2 aromatic heterocycles. The van der Waals surface area contributed by atoms with E-state index in [9.17, 15) is 13.2 Å². The zero-order valence-electron chi connectivity index (χ0n) is 11.8. The summed E-state index contributed by atoms with van der Waals surface area (Å²) in [5.41, 5.74) is -0.530. The number of aromatic amines is 1. The van der Waals surface area contributed by atoms with Crippen LogP contribution in [0.15, 0.2) is 24.5 Å². The van der Waals surface area contributed by atoms with E-state index < -0.39 is 11.7 Å². The van der Waals surface area contributed by atoms with Crippen molar-refractivity contribution in [2.45, 2.75) is 6.18 Å². The number of nitriles is 1. The van der Waals surface area contributed by atoms with Crippen LogP contribution in [-0.2, 0) is 6.18 Å². The van der Waals surface area contributed by atoms with Crippen molar-refractivity contribution in [3.63, 3.8) is 0 Å². The van der Waals surface area contributed by atoms with Crippen LogP contribution in [0.5, 0.6) is 0 Å². The second-order valence-electron chi connectivity index (χ2n) is 4.62. The number of pyridine rings is 1. The van der Waals surface area contributed by atoms with E-state index in [-0.39, 0.29) is 5.82 Å². The highest BCUT2D eigenvalue weighted by molar-refractivity contribution is 5.71. The van der Waals surface area contributed by atoms with Crippen molar-refractivity contribution in [1.82, 2.24) is 10.1 Å². The molecule has 0 fully saturated rings. The first-order valence-corrected chi connectivity index (χ1v) is 6.16. The van der Waals surface area contributed by atoms with Gasteiger partial charge >= 0.3 is 6.18 Å². The lowest BCUT2D eigenvalue weighted by Crippen LogP contribution is -2.37. The second kappa shape index (κ2) is 5.85. The van der Waals surface area contributed by atoms with E-state index in [2.05, 4.69) is 15.4 Å². The Kier molecular flexibility index (Phi) is 4.12. The summed E-state index contributed by atoms with van der Waals surface area (Å²) in [5.74, 6) is 0.604. The molecule has 22 heavy (non-hydrogen) atoms. The van der Waals surface area contributed by atoms with Crippen molar-refractivity contribution in [2.75, 3.05) is 19.4 Å². The van der Waals surface area contributed by atoms with Gasteiger partial charge in [0.05, 0.1) is 25.9 Å². The topological polar surface area (TPSA) is 71.4 Å². The molecular formula is C13H13F3N6+2. The van der Waals surface area contributed by atoms with Gasteiger partial charge in [0.2, 0.25) is 6.34 Å². The Labute approximate surface area is 124 Å². The molecule has 0 radical (unpaired) electrons. The second-order valence-corrected chi connectivity index (χ2v) is 4.62. The van der Waals surface area contributed by atoms with Gasteiger partial charge in [0.15, 0.2) is 0 Å². The van der Waals surface area contributed by atoms with Crippen LogP contribution < -0.4 is 10.00 Å². The first kappa shape index (κ1) is 15.5. The number of hydrogen-bond donors (Lipinski definition) is 2. The Balaban J connectivity index is 2.43. The lowest BCUT2D eigenvalue weighted by atomic mass is 10.3. The highest BCUT2D eigenvalue weighted by Crippen LogP contribution is 2.28. The molecule has 0 aliphatic rings. The normalized spacial score (nSPS) is 10.9. The molecule has 0 saturated carbocycles. The summed E-state index contributed by atoms with van der Waals surface area (Å²) in [6, 6.07) is 4.14. The lowest BCUT2D eigenvalue weighted by molar-refractivity contribution is -0.644. The Hall–Kier alpha value is -2.89. The first-order valence-electron chi connectivity index (χ1n) is 6.16. The van der Waals surface area contributed by atoms with E-state index in [1.807, 2.05) is 6.07 Å². The Bertz CT molecular complexity index is 733. The summed E-state index contributed by atoms with van der Waals surface area (Å²) in [6.45, 7) is 0. The predicted octanol–water partition coefficient (Wildman–Crippen LogP) is 1.29. The van der Waals surface area contributed by atoms with Gasteiger partial charge in [0.1, 0.15) is 17.8 Å². The van der Waals surface area contributed by atoms with Gasteiger partial charge in [0, 0.05) is 6.07 Å². The number of H-pyrrole nitrogens is 1. The average Bonchev–Trinajstić information content (AvgIpc) is 2.87. The minimum atomic E-state index is -4.44. The van der Waals surface area contributed by atoms with Crippen LogP contribution in [0.3, 0.4) is 0 Å². The summed E-state index contributed by atoms with van der Waals surface area (Å²) in [4.78, 5) is 3.79. The maximum Gasteiger partial charge on any atom is 0.419 e. The van der Waals surface area contributed by atoms with Crippen molar-refractivity contribution >= 4 is 12.2 Å². The summed E-state index contributed by atoms with van der Waals surface area (Å²) < 4.78 is 40.8. The van der Waals surface area contributed by atoms with Crippen molar-refractivity contribution in [2.24, 2.45) is 0 Å². The Morgan fingerprint density at radius 2 is 2.14 bits per heavy atom. The van der Waals surface area contributed by atoms with Crippen molar-refractivity contribution in [1.29, 1.82) is 5.26 Å². The highest BCUT2D eigenvalue weighted by Gasteiger charge is 2.32. The number of halogens is 3. The van der Waals surface area contributed by atoms with Gasteiger partial charge in [-0.15, -0.1) is 9.67 Å². The molecular weight excluding hydrogens is 297 g/mol. The van der Waals surface area contributed by atoms with E-state index in [1.165, 1.54) is 16.9 Å². The van der Waals surface area contributed by atoms with Gasteiger partial charge < -0.3 is 0 Å². The third-order valence-electron chi connectivity index (χ3n) is 2.70. The minimum Gasteiger partial charge on any atom is -0.280 e. The molecule has 0 aromatic carbocycles. The Morgan fingerprint density at radius 1 is 1.41 bits per heavy atom. The SMILES string of the molecule is C[N+](C)=CNc1c(C#N)c[nH][n+]1-c1ccc(C(F)(F)F)cn1. The summed E-state index contributed by atoms with van der Waals surface area (Å²) in [5, 5.41) is 14.8. The predicted molar refractivity (Wildman–Crippen MR) is 71.6 cm³/mol. The van der Waals surface area contributed by atoms with Crippen LogP contribution in [-0.4, -0.2) is 35.1 Å². The largest absolute Gasteiger partial charge is 0.419 e. The maximum absolute atomic E-state index is 12.5. The number of hydrogen-bond acceptors (Lipinski definition) is 2. The molecule has 0 unspecified atom stereocenters. The third kappa shape index (κ3) is 3.22. The van der Waals surface area contributed by atoms with Gasteiger partial charge in [-0.3, -0.25) is 4.58 Å². The van der Waals surface area contributed by atoms with Crippen molar-refractivity contribution in [3.05, 3.63) is 35.7 Å². The van der Waals surface area contributed by atoms with E-state index >= 15 is 0 Å². The number of anilines is 1. The van der Waals surface area contributed by atoms with Crippen LogP contribution in [0.2, 0.25) is 0 Å². The van der Waals surface area contributed by atoms with Gasteiger partial charge in [0.25, 0.3) is 11.6 Å². The lowest BCUT2D eigenvalue weighted by Gasteiger charge is -2.04. The molecule has 2 rings (SSSR count). The fraction of sp³-hybridized carbons (Fsp3) is 0.231. The van der Waals surface area contributed by atoms with Crippen molar-refractivity contribution < 1.29 is 22.4 Å². The van der Waals surface area contributed by atoms with Crippen LogP contribution >= 0.6 is 0 Å². The number of nitrogens with one attached hydrogen (secondary N) is 2. The van der Waals surface area contributed by atoms with Crippen LogP contribution in [0.25, 0.3) is 5.82 Å². The van der Waals surface area contributed by atoms with Gasteiger partial charge in [-0.2, -0.15) is 18.4 Å². The number of rotatable bonds is 3.